The van der Waals surface area contributed by atoms with E-state index in [0.717, 1.165) is 24.6 Å². The third kappa shape index (κ3) is 3.13. The van der Waals surface area contributed by atoms with Crippen LogP contribution in [-0.2, 0) is 6.54 Å². The largest absolute Gasteiger partial charge is 0.312 e. The molecule has 1 N–H and O–H groups in total. The molecule has 96 valence electrons. The van der Waals surface area contributed by atoms with Crippen LogP contribution in [0.5, 0.6) is 0 Å². The third-order valence-corrected chi connectivity index (χ3v) is 2.70. The molecule has 0 aliphatic heterocycles. The minimum atomic E-state index is 0.660. The fourth-order valence-corrected chi connectivity index (χ4v) is 1.71. The van der Waals surface area contributed by atoms with Crippen LogP contribution in [0.4, 0.5) is 0 Å². The van der Waals surface area contributed by atoms with Gasteiger partial charge in [0.1, 0.15) is 12.7 Å². The summed E-state index contributed by atoms with van der Waals surface area (Å²) in [5.74, 6) is 1.46. The predicted octanol–water partition coefficient (Wildman–Crippen LogP) is 1.72. The Morgan fingerprint density at radius 1 is 1.33 bits per heavy atom. The Bertz CT molecular complexity index is 490. The minimum absolute atomic E-state index is 0.660. The van der Waals surface area contributed by atoms with E-state index in [4.69, 9.17) is 0 Å². The van der Waals surface area contributed by atoms with Crippen LogP contribution in [0.15, 0.2) is 24.8 Å². The molecule has 0 amide bonds. The van der Waals surface area contributed by atoms with Gasteiger partial charge < -0.3 is 5.32 Å². The van der Waals surface area contributed by atoms with Gasteiger partial charge >= 0.3 is 0 Å². The fraction of sp³-hybridized carbons (Fsp3) is 0.462. The Morgan fingerprint density at radius 3 is 2.78 bits per heavy atom. The molecule has 2 aromatic heterocycles. The maximum atomic E-state index is 4.53. The van der Waals surface area contributed by atoms with E-state index in [1.807, 2.05) is 13.0 Å². The van der Waals surface area contributed by atoms with E-state index < -0.39 is 0 Å². The summed E-state index contributed by atoms with van der Waals surface area (Å²) >= 11 is 0. The number of nitrogens with one attached hydrogen (secondary N) is 1. The number of hydrogen-bond acceptors (Lipinski definition) is 4. The highest BCUT2D eigenvalue weighted by Crippen LogP contribution is 2.09. The van der Waals surface area contributed by atoms with Gasteiger partial charge in [-0.3, -0.25) is 0 Å². The predicted molar refractivity (Wildman–Crippen MR) is 70.4 cm³/mol. The molecule has 0 bridgehead atoms. The van der Waals surface area contributed by atoms with Gasteiger partial charge in [-0.2, -0.15) is 5.10 Å². The molecule has 0 aliphatic rings. The molecule has 0 saturated heterocycles. The van der Waals surface area contributed by atoms with Crippen molar-refractivity contribution in [3.63, 3.8) is 0 Å². The number of nitrogens with zero attached hydrogens (tertiary/aromatic N) is 4. The second-order valence-corrected chi connectivity index (χ2v) is 4.78. The van der Waals surface area contributed by atoms with E-state index in [1.165, 1.54) is 11.9 Å². The molecule has 0 atom stereocenters. The molecule has 0 saturated carbocycles. The number of rotatable bonds is 5. The first-order valence-electron chi connectivity index (χ1n) is 6.19. The van der Waals surface area contributed by atoms with E-state index in [-0.39, 0.29) is 0 Å². The quantitative estimate of drug-likeness (QED) is 0.871. The van der Waals surface area contributed by atoms with Gasteiger partial charge in [-0.25, -0.2) is 14.6 Å². The first kappa shape index (κ1) is 12.7. The zero-order valence-electron chi connectivity index (χ0n) is 11.1. The van der Waals surface area contributed by atoms with Gasteiger partial charge in [0.15, 0.2) is 5.82 Å². The Balaban J connectivity index is 2.06. The van der Waals surface area contributed by atoms with Crippen LogP contribution in [0.3, 0.4) is 0 Å². The van der Waals surface area contributed by atoms with Gasteiger partial charge in [0.25, 0.3) is 0 Å². The number of aryl methyl sites for hydroxylation is 1. The number of pyridine rings is 1. The van der Waals surface area contributed by atoms with E-state index in [2.05, 4.69) is 40.3 Å². The first-order chi connectivity index (χ1) is 8.66. The SMILES string of the molecule is Cc1nc(-n2cncn2)ccc1CNCC(C)C. The van der Waals surface area contributed by atoms with E-state index in [9.17, 15) is 0 Å². The summed E-state index contributed by atoms with van der Waals surface area (Å²) < 4.78 is 1.67. The van der Waals surface area contributed by atoms with E-state index in [1.54, 1.807) is 11.0 Å². The lowest BCUT2D eigenvalue weighted by atomic mass is 10.2. The van der Waals surface area contributed by atoms with Crippen LogP contribution in [0.2, 0.25) is 0 Å². The van der Waals surface area contributed by atoms with Crippen LogP contribution < -0.4 is 5.32 Å². The maximum absolute atomic E-state index is 4.53. The molecule has 2 aromatic rings. The van der Waals surface area contributed by atoms with Gasteiger partial charge in [-0.1, -0.05) is 19.9 Å². The summed E-state index contributed by atoms with van der Waals surface area (Å²) in [4.78, 5) is 8.45. The molecule has 0 unspecified atom stereocenters. The van der Waals surface area contributed by atoms with Gasteiger partial charge in [-0.05, 0) is 31.0 Å². The van der Waals surface area contributed by atoms with Gasteiger partial charge in [0.2, 0.25) is 0 Å². The van der Waals surface area contributed by atoms with Crippen molar-refractivity contribution in [3.05, 3.63) is 36.0 Å². The topological polar surface area (TPSA) is 55.6 Å². The Morgan fingerprint density at radius 2 is 2.17 bits per heavy atom. The van der Waals surface area contributed by atoms with Crippen LogP contribution in [0, 0.1) is 12.8 Å². The summed E-state index contributed by atoms with van der Waals surface area (Å²) in [5, 5.41) is 7.49. The zero-order chi connectivity index (χ0) is 13.0. The Hall–Kier alpha value is -1.75. The summed E-state index contributed by atoms with van der Waals surface area (Å²) in [5.41, 5.74) is 2.25. The molecule has 0 radical (unpaired) electrons. The number of aromatic nitrogens is 4. The smallest absolute Gasteiger partial charge is 0.155 e. The second kappa shape index (κ2) is 5.73. The Labute approximate surface area is 107 Å². The maximum Gasteiger partial charge on any atom is 0.155 e. The van der Waals surface area contributed by atoms with Crippen molar-refractivity contribution >= 4 is 0 Å². The number of hydrogen-bond donors (Lipinski definition) is 1. The molecule has 2 rings (SSSR count). The third-order valence-electron chi connectivity index (χ3n) is 2.70. The van der Waals surface area contributed by atoms with Crippen molar-refractivity contribution < 1.29 is 0 Å². The van der Waals surface area contributed by atoms with Crippen molar-refractivity contribution in [2.75, 3.05) is 6.54 Å². The normalized spacial score (nSPS) is 11.1. The van der Waals surface area contributed by atoms with Crippen LogP contribution in [-0.4, -0.2) is 26.3 Å². The molecule has 18 heavy (non-hydrogen) atoms. The highest BCUT2D eigenvalue weighted by atomic mass is 15.3. The lowest BCUT2D eigenvalue weighted by molar-refractivity contribution is 0.550. The highest BCUT2D eigenvalue weighted by Gasteiger charge is 2.04. The van der Waals surface area contributed by atoms with Crippen molar-refractivity contribution in [3.8, 4) is 5.82 Å². The minimum Gasteiger partial charge on any atom is -0.312 e. The summed E-state index contributed by atoms with van der Waals surface area (Å²) in [6.45, 7) is 8.30. The van der Waals surface area contributed by atoms with Crippen molar-refractivity contribution in [2.24, 2.45) is 5.92 Å². The first-order valence-corrected chi connectivity index (χ1v) is 6.19. The molecule has 2 heterocycles. The summed E-state index contributed by atoms with van der Waals surface area (Å²) in [6.07, 6.45) is 3.16. The van der Waals surface area contributed by atoms with Gasteiger partial charge in [0, 0.05) is 12.2 Å². The summed E-state index contributed by atoms with van der Waals surface area (Å²) in [6, 6.07) is 4.06. The second-order valence-electron chi connectivity index (χ2n) is 4.78. The molecule has 0 aliphatic carbocycles. The zero-order valence-corrected chi connectivity index (χ0v) is 11.1. The molecule has 0 aromatic carbocycles. The fourth-order valence-electron chi connectivity index (χ4n) is 1.71. The molecule has 5 nitrogen and oxygen atoms in total. The van der Waals surface area contributed by atoms with Crippen LogP contribution in [0.1, 0.15) is 25.1 Å². The standard InChI is InChI=1S/C13H19N5/c1-10(2)6-14-7-12-4-5-13(17-11(12)3)18-9-15-8-16-18/h4-5,8-10,14H,6-7H2,1-3H3. The highest BCUT2D eigenvalue weighted by molar-refractivity contribution is 5.29. The molecule has 0 spiro atoms. The van der Waals surface area contributed by atoms with E-state index >= 15 is 0 Å². The van der Waals surface area contributed by atoms with Crippen LogP contribution in [0.25, 0.3) is 5.82 Å². The average molecular weight is 245 g/mol. The molecular weight excluding hydrogens is 226 g/mol. The lowest BCUT2D eigenvalue weighted by Gasteiger charge is -2.10. The van der Waals surface area contributed by atoms with E-state index in [0.29, 0.717) is 5.92 Å². The van der Waals surface area contributed by atoms with Crippen molar-refractivity contribution in [1.29, 1.82) is 0 Å². The lowest BCUT2D eigenvalue weighted by Crippen LogP contribution is -2.19. The molecule has 5 heteroatoms. The molecular formula is C13H19N5. The monoisotopic (exact) mass is 245 g/mol. The summed E-state index contributed by atoms with van der Waals surface area (Å²) in [7, 11) is 0. The Kier molecular flexibility index (Phi) is 4.04. The van der Waals surface area contributed by atoms with Crippen molar-refractivity contribution in [1.82, 2.24) is 25.1 Å². The van der Waals surface area contributed by atoms with Gasteiger partial charge in [-0.15, -0.1) is 0 Å². The molecule has 0 fully saturated rings. The van der Waals surface area contributed by atoms with Gasteiger partial charge in [0.05, 0.1) is 0 Å². The average Bonchev–Trinajstić information content (AvgIpc) is 2.84. The van der Waals surface area contributed by atoms with Crippen LogP contribution >= 0.6 is 0 Å². The van der Waals surface area contributed by atoms with Crippen molar-refractivity contribution in [2.45, 2.75) is 27.3 Å².